The fraction of sp³-hybridized carbons (Fsp3) is 0.778. The second-order valence-corrected chi connectivity index (χ2v) is 2.67. The maximum atomic E-state index is 5.26. The molecule has 0 aromatic heterocycles. The summed E-state index contributed by atoms with van der Waals surface area (Å²) in [6, 6.07) is 0. The summed E-state index contributed by atoms with van der Waals surface area (Å²) >= 11 is 0. The smallest absolute Gasteiger partial charge is 0.107 e. The SMILES string of the molecule is C#CCOCCOCCN(C)C. The average Bonchev–Trinajstić information content (AvgIpc) is 2.02. The molecule has 0 amide bonds. The van der Waals surface area contributed by atoms with Crippen LogP contribution in [0.2, 0.25) is 0 Å². The Bertz CT molecular complexity index is 129. The van der Waals surface area contributed by atoms with Gasteiger partial charge in [0.2, 0.25) is 0 Å². The van der Waals surface area contributed by atoms with Crippen molar-refractivity contribution in [2.75, 3.05) is 47.1 Å². The Balaban J connectivity index is 2.87. The molecule has 0 unspecified atom stereocenters. The minimum Gasteiger partial charge on any atom is -0.378 e. The molecule has 0 aliphatic rings. The van der Waals surface area contributed by atoms with E-state index in [-0.39, 0.29) is 0 Å². The maximum absolute atomic E-state index is 5.26. The van der Waals surface area contributed by atoms with Gasteiger partial charge in [-0.1, -0.05) is 5.92 Å². The number of hydrogen-bond acceptors (Lipinski definition) is 3. The van der Waals surface area contributed by atoms with Crippen molar-refractivity contribution >= 4 is 0 Å². The summed E-state index contributed by atoms with van der Waals surface area (Å²) in [6.07, 6.45) is 4.99. The highest BCUT2D eigenvalue weighted by Crippen LogP contribution is 1.80. The first-order valence-electron chi connectivity index (χ1n) is 4.01. The number of hydrogen-bond donors (Lipinski definition) is 0. The Labute approximate surface area is 74.6 Å². The first-order chi connectivity index (χ1) is 5.77. The van der Waals surface area contributed by atoms with Gasteiger partial charge in [-0.15, -0.1) is 6.42 Å². The van der Waals surface area contributed by atoms with E-state index >= 15 is 0 Å². The molecule has 3 heteroatoms. The number of likely N-dealkylation sites (N-methyl/N-ethyl adjacent to an activating group) is 1. The quantitative estimate of drug-likeness (QED) is 0.404. The van der Waals surface area contributed by atoms with Crippen LogP contribution >= 0.6 is 0 Å². The minimum atomic E-state index is 0.372. The van der Waals surface area contributed by atoms with Gasteiger partial charge in [-0.2, -0.15) is 0 Å². The van der Waals surface area contributed by atoms with Gasteiger partial charge in [-0.3, -0.25) is 0 Å². The molecule has 0 atom stereocenters. The van der Waals surface area contributed by atoms with Crippen molar-refractivity contribution < 1.29 is 9.47 Å². The summed E-state index contributed by atoms with van der Waals surface area (Å²) in [5, 5.41) is 0. The molecule has 0 heterocycles. The highest BCUT2D eigenvalue weighted by molar-refractivity contribution is 4.82. The first kappa shape index (κ1) is 11.4. The summed E-state index contributed by atoms with van der Waals surface area (Å²) < 4.78 is 10.3. The summed E-state index contributed by atoms with van der Waals surface area (Å²) in [5.74, 6) is 2.39. The largest absolute Gasteiger partial charge is 0.378 e. The van der Waals surface area contributed by atoms with Crippen LogP contribution in [-0.4, -0.2) is 52.0 Å². The highest BCUT2D eigenvalue weighted by atomic mass is 16.5. The molecule has 0 aliphatic heterocycles. The summed E-state index contributed by atoms with van der Waals surface area (Å²) in [7, 11) is 4.02. The van der Waals surface area contributed by atoms with Crippen molar-refractivity contribution in [1.29, 1.82) is 0 Å². The third-order valence-electron chi connectivity index (χ3n) is 1.24. The lowest BCUT2D eigenvalue weighted by molar-refractivity contribution is 0.0539. The number of nitrogens with zero attached hydrogens (tertiary/aromatic N) is 1. The van der Waals surface area contributed by atoms with E-state index in [1.54, 1.807) is 0 Å². The van der Waals surface area contributed by atoms with E-state index in [9.17, 15) is 0 Å². The van der Waals surface area contributed by atoms with Gasteiger partial charge in [0.25, 0.3) is 0 Å². The van der Waals surface area contributed by atoms with Gasteiger partial charge in [-0.25, -0.2) is 0 Å². The van der Waals surface area contributed by atoms with Crippen LogP contribution in [0.15, 0.2) is 0 Å². The standard InChI is InChI=1S/C9H17NO2/c1-4-6-11-8-9-12-7-5-10(2)3/h1H,5-9H2,2-3H3. The molecule has 0 radical (unpaired) electrons. The Morgan fingerprint density at radius 1 is 1.17 bits per heavy atom. The van der Waals surface area contributed by atoms with Gasteiger partial charge in [0.05, 0.1) is 19.8 Å². The number of terminal acetylenes is 1. The van der Waals surface area contributed by atoms with E-state index in [1.165, 1.54) is 0 Å². The predicted octanol–water partition coefficient (Wildman–Crippen LogP) is 0.214. The minimum absolute atomic E-state index is 0.372. The second-order valence-electron chi connectivity index (χ2n) is 2.67. The zero-order valence-electron chi connectivity index (χ0n) is 7.88. The lowest BCUT2D eigenvalue weighted by Gasteiger charge is -2.09. The molecule has 3 nitrogen and oxygen atoms in total. The van der Waals surface area contributed by atoms with Gasteiger partial charge < -0.3 is 14.4 Å². The third-order valence-corrected chi connectivity index (χ3v) is 1.24. The molecular formula is C9H17NO2. The van der Waals surface area contributed by atoms with E-state index in [2.05, 4.69) is 10.8 Å². The normalized spacial score (nSPS) is 10.2. The van der Waals surface area contributed by atoms with Gasteiger partial charge in [-0.05, 0) is 14.1 Å². The fourth-order valence-corrected chi connectivity index (χ4v) is 0.598. The van der Waals surface area contributed by atoms with E-state index in [4.69, 9.17) is 15.9 Å². The Morgan fingerprint density at radius 2 is 1.83 bits per heavy atom. The van der Waals surface area contributed by atoms with Crippen LogP contribution < -0.4 is 0 Å². The summed E-state index contributed by atoms with van der Waals surface area (Å²) in [5.41, 5.74) is 0. The predicted molar refractivity (Wildman–Crippen MR) is 49.0 cm³/mol. The van der Waals surface area contributed by atoms with E-state index < -0.39 is 0 Å². The zero-order valence-corrected chi connectivity index (χ0v) is 7.88. The van der Waals surface area contributed by atoms with Crippen molar-refractivity contribution in [2.45, 2.75) is 0 Å². The van der Waals surface area contributed by atoms with Crippen molar-refractivity contribution in [2.24, 2.45) is 0 Å². The van der Waals surface area contributed by atoms with Crippen LogP contribution in [0.1, 0.15) is 0 Å². The Hall–Kier alpha value is -0.560. The Morgan fingerprint density at radius 3 is 2.42 bits per heavy atom. The van der Waals surface area contributed by atoms with E-state index in [0.29, 0.717) is 19.8 Å². The highest BCUT2D eigenvalue weighted by Gasteiger charge is 1.90. The molecule has 0 saturated heterocycles. The molecule has 70 valence electrons. The average molecular weight is 171 g/mol. The monoisotopic (exact) mass is 171 g/mol. The number of rotatable bonds is 7. The van der Waals surface area contributed by atoms with E-state index in [0.717, 1.165) is 13.2 Å². The van der Waals surface area contributed by atoms with Crippen molar-refractivity contribution in [1.82, 2.24) is 4.90 Å². The molecule has 12 heavy (non-hydrogen) atoms. The van der Waals surface area contributed by atoms with Crippen LogP contribution in [0.4, 0.5) is 0 Å². The van der Waals surface area contributed by atoms with Crippen LogP contribution in [0.3, 0.4) is 0 Å². The summed E-state index contributed by atoms with van der Waals surface area (Å²) in [6.45, 7) is 3.26. The molecular weight excluding hydrogens is 154 g/mol. The molecule has 0 saturated carbocycles. The molecule has 0 N–H and O–H groups in total. The summed E-state index contributed by atoms with van der Waals surface area (Å²) in [4.78, 5) is 2.07. The first-order valence-corrected chi connectivity index (χ1v) is 4.01. The van der Waals surface area contributed by atoms with E-state index in [1.807, 2.05) is 14.1 Å². The molecule has 0 rings (SSSR count). The van der Waals surface area contributed by atoms with Crippen molar-refractivity contribution in [3.05, 3.63) is 0 Å². The Kier molecular flexibility index (Phi) is 8.14. The van der Waals surface area contributed by atoms with Crippen LogP contribution in [0, 0.1) is 12.3 Å². The van der Waals surface area contributed by atoms with Gasteiger partial charge in [0, 0.05) is 6.54 Å². The fourth-order valence-electron chi connectivity index (χ4n) is 0.598. The zero-order chi connectivity index (χ0) is 9.23. The van der Waals surface area contributed by atoms with Gasteiger partial charge >= 0.3 is 0 Å². The topological polar surface area (TPSA) is 21.7 Å². The third kappa shape index (κ3) is 9.44. The van der Waals surface area contributed by atoms with Gasteiger partial charge in [0.1, 0.15) is 6.61 Å². The molecule has 0 fully saturated rings. The lowest BCUT2D eigenvalue weighted by Crippen LogP contribution is -2.19. The van der Waals surface area contributed by atoms with Gasteiger partial charge in [0.15, 0.2) is 0 Å². The van der Waals surface area contributed by atoms with Crippen LogP contribution in [0.5, 0.6) is 0 Å². The van der Waals surface area contributed by atoms with Crippen molar-refractivity contribution in [3.63, 3.8) is 0 Å². The molecule has 0 aliphatic carbocycles. The van der Waals surface area contributed by atoms with Crippen LogP contribution in [0.25, 0.3) is 0 Å². The second kappa shape index (κ2) is 8.54. The number of ether oxygens (including phenoxy) is 2. The molecule has 0 aromatic carbocycles. The lowest BCUT2D eigenvalue weighted by atomic mass is 10.6. The molecule has 0 aromatic rings. The molecule has 0 spiro atoms. The van der Waals surface area contributed by atoms with Crippen LogP contribution in [-0.2, 0) is 9.47 Å². The van der Waals surface area contributed by atoms with Crippen molar-refractivity contribution in [3.8, 4) is 12.3 Å². The maximum Gasteiger partial charge on any atom is 0.107 e. The molecule has 0 bridgehead atoms.